The van der Waals surface area contributed by atoms with Crippen molar-refractivity contribution in [2.75, 3.05) is 11.2 Å². The van der Waals surface area contributed by atoms with Gasteiger partial charge in [-0.05, 0) is 24.1 Å². The van der Waals surface area contributed by atoms with Gasteiger partial charge in [-0.25, -0.2) is 9.37 Å². The maximum atomic E-state index is 12.8. The molecule has 0 unspecified atom stereocenters. The van der Waals surface area contributed by atoms with Crippen molar-refractivity contribution in [2.45, 2.75) is 19.3 Å². The Bertz CT molecular complexity index is 571. The molecule has 1 aromatic carbocycles. The first-order chi connectivity index (χ1) is 9.67. The molecule has 20 heavy (non-hydrogen) atoms. The van der Waals surface area contributed by atoms with Crippen LogP contribution in [0.3, 0.4) is 0 Å². The number of amides is 1. The van der Waals surface area contributed by atoms with Gasteiger partial charge in [-0.3, -0.25) is 4.79 Å². The van der Waals surface area contributed by atoms with E-state index in [4.69, 9.17) is 11.6 Å². The van der Waals surface area contributed by atoms with Crippen molar-refractivity contribution in [3.05, 3.63) is 46.7 Å². The lowest BCUT2D eigenvalue weighted by Gasteiger charge is -1.99. The molecule has 0 saturated heterocycles. The second-order valence-electron chi connectivity index (χ2n) is 4.28. The summed E-state index contributed by atoms with van der Waals surface area (Å²) in [7, 11) is 0. The van der Waals surface area contributed by atoms with Crippen molar-refractivity contribution in [3.8, 4) is 0 Å². The molecule has 0 aliphatic rings. The number of carbonyl (C=O) groups excluding carboxylic acids is 1. The summed E-state index contributed by atoms with van der Waals surface area (Å²) in [5, 5.41) is 3.33. The van der Waals surface area contributed by atoms with Crippen LogP contribution in [0.4, 0.5) is 9.52 Å². The molecule has 6 heteroatoms. The summed E-state index contributed by atoms with van der Waals surface area (Å²) in [4.78, 5) is 16.7. The molecule has 2 rings (SSSR count). The Balaban J connectivity index is 1.91. The largest absolute Gasteiger partial charge is 0.302 e. The fourth-order valence-electron chi connectivity index (χ4n) is 1.66. The minimum atomic E-state index is -0.245. The van der Waals surface area contributed by atoms with Crippen LogP contribution in [0.5, 0.6) is 0 Å². The van der Waals surface area contributed by atoms with E-state index in [9.17, 15) is 9.18 Å². The number of hydrogen-bond acceptors (Lipinski definition) is 3. The highest BCUT2D eigenvalue weighted by Gasteiger charge is 2.07. The molecule has 0 saturated carbocycles. The van der Waals surface area contributed by atoms with Crippen LogP contribution >= 0.6 is 22.9 Å². The van der Waals surface area contributed by atoms with Gasteiger partial charge in [0.05, 0.1) is 0 Å². The van der Waals surface area contributed by atoms with Crippen molar-refractivity contribution in [1.29, 1.82) is 0 Å². The molecule has 0 radical (unpaired) electrons. The Morgan fingerprint density at radius 2 is 2.10 bits per heavy atom. The van der Waals surface area contributed by atoms with Gasteiger partial charge in [0.2, 0.25) is 5.91 Å². The van der Waals surface area contributed by atoms with E-state index in [1.165, 1.54) is 23.5 Å². The molecule has 3 nitrogen and oxygen atoms in total. The second kappa shape index (κ2) is 7.36. The Kier molecular flexibility index (Phi) is 5.49. The van der Waals surface area contributed by atoms with E-state index < -0.39 is 0 Å². The summed E-state index contributed by atoms with van der Waals surface area (Å²) < 4.78 is 12.8. The van der Waals surface area contributed by atoms with Crippen LogP contribution in [-0.2, 0) is 11.2 Å². The number of benzene rings is 1. The van der Waals surface area contributed by atoms with Crippen LogP contribution in [0, 0.1) is 5.82 Å². The van der Waals surface area contributed by atoms with Crippen LogP contribution in [0.25, 0.3) is 0 Å². The van der Waals surface area contributed by atoms with Crippen LogP contribution in [-0.4, -0.2) is 16.8 Å². The summed E-state index contributed by atoms with van der Waals surface area (Å²) in [5.41, 5.74) is 1.01. The number of rotatable bonds is 6. The number of halogens is 2. The molecule has 1 amide bonds. The molecule has 1 N–H and O–H groups in total. The lowest BCUT2D eigenvalue weighted by Crippen LogP contribution is -2.10. The van der Waals surface area contributed by atoms with Gasteiger partial charge in [-0.15, -0.1) is 22.9 Å². The van der Waals surface area contributed by atoms with Crippen molar-refractivity contribution >= 4 is 34.0 Å². The second-order valence-corrected chi connectivity index (χ2v) is 5.77. The summed E-state index contributed by atoms with van der Waals surface area (Å²) in [6, 6.07) is 6.36. The Morgan fingerprint density at radius 1 is 1.35 bits per heavy atom. The van der Waals surface area contributed by atoms with E-state index in [0.29, 0.717) is 30.3 Å². The molecule has 1 aromatic heterocycles. The van der Waals surface area contributed by atoms with Gasteiger partial charge in [0.25, 0.3) is 0 Å². The summed E-state index contributed by atoms with van der Waals surface area (Å²) in [6.07, 6.45) is 3.46. The SMILES string of the molecule is O=C(CCCCl)Nc1ncc(Cc2ccc(F)cc2)s1. The monoisotopic (exact) mass is 312 g/mol. The topological polar surface area (TPSA) is 42.0 Å². The third-order valence-electron chi connectivity index (χ3n) is 2.63. The molecule has 1 heterocycles. The fraction of sp³-hybridized carbons (Fsp3) is 0.286. The number of alkyl halides is 1. The van der Waals surface area contributed by atoms with Crippen LogP contribution in [0.1, 0.15) is 23.3 Å². The number of hydrogen-bond donors (Lipinski definition) is 1. The third kappa shape index (κ3) is 4.58. The number of nitrogens with zero attached hydrogens (tertiary/aromatic N) is 1. The van der Waals surface area contributed by atoms with E-state index in [0.717, 1.165) is 10.4 Å². The molecular weight excluding hydrogens is 299 g/mol. The smallest absolute Gasteiger partial charge is 0.226 e. The zero-order chi connectivity index (χ0) is 14.4. The highest BCUT2D eigenvalue weighted by Crippen LogP contribution is 2.21. The number of nitrogens with one attached hydrogen (secondary N) is 1. The third-order valence-corrected chi connectivity index (χ3v) is 3.81. The molecule has 0 spiro atoms. The average molecular weight is 313 g/mol. The Labute approximate surface area is 125 Å². The summed E-state index contributed by atoms with van der Waals surface area (Å²) in [5.74, 6) is 0.153. The Hall–Kier alpha value is -1.46. The first-order valence-corrected chi connectivity index (χ1v) is 7.57. The predicted molar refractivity (Wildman–Crippen MR) is 79.9 cm³/mol. The van der Waals surface area contributed by atoms with E-state index in [-0.39, 0.29) is 11.7 Å². The van der Waals surface area contributed by atoms with Crippen LogP contribution in [0.2, 0.25) is 0 Å². The lowest BCUT2D eigenvalue weighted by atomic mass is 10.1. The highest BCUT2D eigenvalue weighted by atomic mass is 35.5. The number of aromatic nitrogens is 1. The zero-order valence-electron chi connectivity index (χ0n) is 10.7. The molecule has 0 aliphatic carbocycles. The predicted octanol–water partition coefficient (Wildman–Crippen LogP) is 3.83. The first kappa shape index (κ1) is 14.9. The average Bonchev–Trinajstić information content (AvgIpc) is 2.86. The van der Waals surface area contributed by atoms with Gasteiger partial charge < -0.3 is 5.32 Å². The normalized spacial score (nSPS) is 10.5. The van der Waals surface area contributed by atoms with E-state index in [1.807, 2.05) is 0 Å². The highest BCUT2D eigenvalue weighted by molar-refractivity contribution is 7.15. The van der Waals surface area contributed by atoms with Crippen LogP contribution in [0.15, 0.2) is 30.5 Å². The van der Waals surface area contributed by atoms with Crippen molar-refractivity contribution in [2.24, 2.45) is 0 Å². The first-order valence-electron chi connectivity index (χ1n) is 6.22. The number of carbonyl (C=O) groups is 1. The maximum Gasteiger partial charge on any atom is 0.226 e. The van der Waals surface area contributed by atoms with Gasteiger partial charge in [-0.1, -0.05) is 12.1 Å². The molecule has 0 fully saturated rings. The number of thiazole rings is 1. The van der Waals surface area contributed by atoms with Gasteiger partial charge >= 0.3 is 0 Å². The minimum Gasteiger partial charge on any atom is -0.302 e. The van der Waals surface area contributed by atoms with Crippen molar-refractivity contribution < 1.29 is 9.18 Å². The molecule has 106 valence electrons. The van der Waals surface area contributed by atoms with Gasteiger partial charge in [0.15, 0.2) is 5.13 Å². The molecule has 0 bridgehead atoms. The zero-order valence-corrected chi connectivity index (χ0v) is 12.3. The van der Waals surface area contributed by atoms with Gasteiger partial charge in [-0.2, -0.15) is 0 Å². The lowest BCUT2D eigenvalue weighted by molar-refractivity contribution is -0.116. The van der Waals surface area contributed by atoms with E-state index in [2.05, 4.69) is 10.3 Å². The fourth-order valence-corrected chi connectivity index (χ4v) is 2.66. The molecular formula is C14H14ClFN2OS. The summed E-state index contributed by atoms with van der Waals surface area (Å²) in [6.45, 7) is 0. The summed E-state index contributed by atoms with van der Waals surface area (Å²) >= 11 is 6.96. The van der Waals surface area contributed by atoms with Gasteiger partial charge in [0, 0.05) is 29.8 Å². The van der Waals surface area contributed by atoms with Crippen molar-refractivity contribution in [3.63, 3.8) is 0 Å². The maximum absolute atomic E-state index is 12.8. The minimum absolute atomic E-state index is 0.0756. The Morgan fingerprint density at radius 3 is 2.80 bits per heavy atom. The van der Waals surface area contributed by atoms with Gasteiger partial charge in [0.1, 0.15) is 5.82 Å². The van der Waals surface area contributed by atoms with Crippen molar-refractivity contribution in [1.82, 2.24) is 4.98 Å². The number of anilines is 1. The van der Waals surface area contributed by atoms with Crippen LogP contribution < -0.4 is 5.32 Å². The molecule has 0 atom stereocenters. The van der Waals surface area contributed by atoms with E-state index in [1.54, 1.807) is 18.3 Å². The molecule has 0 aliphatic heterocycles. The van der Waals surface area contributed by atoms with E-state index >= 15 is 0 Å². The standard InChI is InChI=1S/C14H14ClFN2OS/c15-7-1-2-13(19)18-14-17-9-12(20-14)8-10-3-5-11(16)6-4-10/h3-6,9H,1-2,7-8H2,(H,17,18,19). The quantitative estimate of drug-likeness (QED) is 0.824. The molecule has 2 aromatic rings.